The molecular formula is C15H32N2. The van der Waals surface area contributed by atoms with Crippen LogP contribution < -0.4 is 5.32 Å². The molecule has 2 heteroatoms. The number of hydrogen-bond acceptors (Lipinski definition) is 2. The van der Waals surface area contributed by atoms with Gasteiger partial charge in [0.05, 0.1) is 0 Å². The monoisotopic (exact) mass is 240 g/mol. The van der Waals surface area contributed by atoms with Crippen molar-refractivity contribution in [2.24, 2.45) is 5.41 Å². The van der Waals surface area contributed by atoms with Gasteiger partial charge in [0.2, 0.25) is 0 Å². The molecule has 0 spiro atoms. The zero-order valence-corrected chi connectivity index (χ0v) is 12.6. The summed E-state index contributed by atoms with van der Waals surface area (Å²) < 4.78 is 0. The van der Waals surface area contributed by atoms with Crippen LogP contribution >= 0.6 is 0 Å². The first kappa shape index (κ1) is 15.0. The molecule has 0 amide bonds. The summed E-state index contributed by atoms with van der Waals surface area (Å²) in [5, 5.41) is 3.62. The van der Waals surface area contributed by atoms with Crippen LogP contribution in [-0.4, -0.2) is 36.6 Å². The number of likely N-dealkylation sites (tertiary alicyclic amines) is 1. The third kappa shape index (κ3) is 4.59. The molecule has 0 aliphatic carbocycles. The molecule has 1 saturated heterocycles. The molecule has 0 bridgehead atoms. The van der Waals surface area contributed by atoms with Gasteiger partial charge in [-0.2, -0.15) is 0 Å². The summed E-state index contributed by atoms with van der Waals surface area (Å²) in [5.41, 5.74) is 0.611. The van der Waals surface area contributed by atoms with Gasteiger partial charge in [-0.05, 0) is 51.6 Å². The molecule has 0 saturated carbocycles. The fourth-order valence-electron chi connectivity index (χ4n) is 2.50. The smallest absolute Gasteiger partial charge is 0.0192 e. The van der Waals surface area contributed by atoms with Gasteiger partial charge in [0.15, 0.2) is 0 Å². The molecule has 102 valence electrons. The second kappa shape index (κ2) is 6.75. The van der Waals surface area contributed by atoms with E-state index in [-0.39, 0.29) is 0 Å². The SMILES string of the molecule is CCC(C)NCC(C)N1CCC(C)(CC)CC1. The van der Waals surface area contributed by atoms with E-state index < -0.39 is 0 Å². The molecule has 1 N–H and O–H groups in total. The molecule has 2 unspecified atom stereocenters. The van der Waals surface area contributed by atoms with Gasteiger partial charge in [0.25, 0.3) is 0 Å². The standard InChI is InChI=1S/C15H32N2/c1-6-13(3)16-12-14(4)17-10-8-15(5,7-2)9-11-17/h13-14,16H,6-12H2,1-5H3. The zero-order valence-electron chi connectivity index (χ0n) is 12.6. The fourth-order valence-corrected chi connectivity index (χ4v) is 2.50. The van der Waals surface area contributed by atoms with E-state index in [2.05, 4.69) is 44.8 Å². The maximum absolute atomic E-state index is 3.62. The molecule has 1 aliphatic heterocycles. The van der Waals surface area contributed by atoms with Gasteiger partial charge in [-0.25, -0.2) is 0 Å². The van der Waals surface area contributed by atoms with Crippen LogP contribution in [0.2, 0.25) is 0 Å². The van der Waals surface area contributed by atoms with E-state index in [1.807, 2.05) is 0 Å². The van der Waals surface area contributed by atoms with Crippen molar-refractivity contribution in [2.45, 2.75) is 72.4 Å². The highest BCUT2D eigenvalue weighted by Crippen LogP contribution is 2.34. The van der Waals surface area contributed by atoms with Gasteiger partial charge >= 0.3 is 0 Å². The fraction of sp³-hybridized carbons (Fsp3) is 1.00. The van der Waals surface area contributed by atoms with Crippen molar-refractivity contribution in [3.05, 3.63) is 0 Å². The van der Waals surface area contributed by atoms with Crippen molar-refractivity contribution in [3.63, 3.8) is 0 Å². The molecular weight excluding hydrogens is 208 g/mol. The Hall–Kier alpha value is -0.0800. The van der Waals surface area contributed by atoms with Gasteiger partial charge in [-0.3, -0.25) is 4.90 Å². The molecule has 1 aliphatic rings. The van der Waals surface area contributed by atoms with Crippen molar-refractivity contribution in [3.8, 4) is 0 Å². The Labute approximate surface area is 108 Å². The van der Waals surface area contributed by atoms with Crippen molar-refractivity contribution in [1.82, 2.24) is 10.2 Å². The molecule has 1 rings (SSSR count). The maximum atomic E-state index is 3.62. The third-order valence-corrected chi connectivity index (χ3v) is 4.86. The highest BCUT2D eigenvalue weighted by Gasteiger charge is 2.29. The number of piperidine rings is 1. The summed E-state index contributed by atoms with van der Waals surface area (Å²) in [7, 11) is 0. The van der Waals surface area contributed by atoms with Crippen LogP contribution in [0.25, 0.3) is 0 Å². The maximum Gasteiger partial charge on any atom is 0.0192 e. The summed E-state index contributed by atoms with van der Waals surface area (Å²) in [5.74, 6) is 0. The largest absolute Gasteiger partial charge is 0.313 e. The molecule has 0 aromatic rings. The van der Waals surface area contributed by atoms with E-state index in [0.717, 1.165) is 6.54 Å². The van der Waals surface area contributed by atoms with Crippen LogP contribution in [0.1, 0.15) is 60.3 Å². The quantitative estimate of drug-likeness (QED) is 0.766. The summed E-state index contributed by atoms with van der Waals surface area (Å²) in [6.45, 7) is 15.4. The van der Waals surface area contributed by atoms with Crippen molar-refractivity contribution >= 4 is 0 Å². The van der Waals surface area contributed by atoms with E-state index in [1.165, 1.54) is 38.8 Å². The lowest BCUT2D eigenvalue weighted by Gasteiger charge is -2.41. The summed E-state index contributed by atoms with van der Waals surface area (Å²) in [6, 6.07) is 1.34. The van der Waals surface area contributed by atoms with E-state index in [1.54, 1.807) is 0 Å². The van der Waals surface area contributed by atoms with E-state index >= 15 is 0 Å². The summed E-state index contributed by atoms with van der Waals surface area (Å²) in [4.78, 5) is 2.66. The topological polar surface area (TPSA) is 15.3 Å². The molecule has 1 heterocycles. The normalized spacial score (nSPS) is 24.5. The van der Waals surface area contributed by atoms with E-state index in [9.17, 15) is 0 Å². The van der Waals surface area contributed by atoms with Gasteiger partial charge < -0.3 is 5.32 Å². The number of hydrogen-bond donors (Lipinski definition) is 1. The predicted molar refractivity (Wildman–Crippen MR) is 76.4 cm³/mol. The Balaban J connectivity index is 2.28. The van der Waals surface area contributed by atoms with Gasteiger partial charge in [0, 0.05) is 18.6 Å². The highest BCUT2D eigenvalue weighted by molar-refractivity contribution is 4.84. The van der Waals surface area contributed by atoms with Crippen molar-refractivity contribution in [1.29, 1.82) is 0 Å². The van der Waals surface area contributed by atoms with Gasteiger partial charge in [-0.15, -0.1) is 0 Å². The van der Waals surface area contributed by atoms with E-state index in [0.29, 0.717) is 17.5 Å². The minimum absolute atomic E-state index is 0.611. The first-order valence-corrected chi connectivity index (χ1v) is 7.48. The van der Waals surface area contributed by atoms with Crippen LogP contribution in [0.5, 0.6) is 0 Å². The molecule has 2 atom stereocenters. The Morgan fingerprint density at radius 1 is 1.18 bits per heavy atom. The summed E-state index contributed by atoms with van der Waals surface area (Å²) >= 11 is 0. The third-order valence-electron chi connectivity index (χ3n) is 4.86. The second-order valence-corrected chi connectivity index (χ2v) is 6.27. The average molecular weight is 240 g/mol. The molecule has 1 fully saturated rings. The van der Waals surface area contributed by atoms with Crippen molar-refractivity contribution in [2.75, 3.05) is 19.6 Å². The minimum Gasteiger partial charge on any atom is -0.313 e. The predicted octanol–water partition coefficient (Wildman–Crippen LogP) is 3.28. The van der Waals surface area contributed by atoms with E-state index in [4.69, 9.17) is 0 Å². The van der Waals surface area contributed by atoms with Crippen LogP contribution in [0.4, 0.5) is 0 Å². The summed E-state index contributed by atoms with van der Waals surface area (Å²) in [6.07, 6.45) is 5.30. The molecule has 2 nitrogen and oxygen atoms in total. The number of nitrogens with zero attached hydrogens (tertiary/aromatic N) is 1. The Kier molecular flexibility index (Phi) is 5.94. The van der Waals surface area contributed by atoms with Crippen molar-refractivity contribution < 1.29 is 0 Å². The van der Waals surface area contributed by atoms with Crippen LogP contribution in [0.15, 0.2) is 0 Å². The first-order chi connectivity index (χ1) is 8.00. The highest BCUT2D eigenvalue weighted by atomic mass is 15.2. The second-order valence-electron chi connectivity index (χ2n) is 6.27. The Morgan fingerprint density at radius 2 is 1.76 bits per heavy atom. The lowest BCUT2D eigenvalue weighted by molar-refractivity contribution is 0.0852. The van der Waals surface area contributed by atoms with Crippen LogP contribution in [-0.2, 0) is 0 Å². The van der Waals surface area contributed by atoms with Crippen LogP contribution in [0, 0.1) is 5.41 Å². The van der Waals surface area contributed by atoms with Crippen LogP contribution in [0.3, 0.4) is 0 Å². The lowest BCUT2D eigenvalue weighted by Crippen LogP contribution is -2.47. The number of nitrogens with one attached hydrogen (secondary N) is 1. The molecule has 17 heavy (non-hydrogen) atoms. The molecule has 0 radical (unpaired) electrons. The minimum atomic E-state index is 0.611. The average Bonchev–Trinajstić information content (AvgIpc) is 2.36. The molecule has 0 aromatic carbocycles. The van der Waals surface area contributed by atoms with Gasteiger partial charge in [0.1, 0.15) is 0 Å². The number of rotatable bonds is 6. The Morgan fingerprint density at radius 3 is 2.24 bits per heavy atom. The first-order valence-electron chi connectivity index (χ1n) is 7.48. The zero-order chi connectivity index (χ0) is 12.9. The van der Waals surface area contributed by atoms with Gasteiger partial charge in [-0.1, -0.05) is 27.2 Å². The lowest BCUT2D eigenvalue weighted by atomic mass is 9.78. The Bertz CT molecular complexity index is 207. The molecule has 0 aromatic heterocycles.